The van der Waals surface area contributed by atoms with Gasteiger partial charge in [0.15, 0.2) is 0 Å². The second kappa shape index (κ2) is 5.33. The fraction of sp³-hybridized carbons (Fsp3) is 0.190. The minimum atomic E-state index is 0.0877. The Morgan fingerprint density at radius 2 is 1.80 bits per heavy atom. The Morgan fingerprint density at radius 1 is 1.04 bits per heavy atom. The molecular weight excluding hydrogens is 312 g/mol. The van der Waals surface area contributed by atoms with Gasteiger partial charge in [-0.05, 0) is 30.5 Å². The number of benzene rings is 2. The van der Waals surface area contributed by atoms with Crippen LogP contribution in [-0.4, -0.2) is 22.4 Å². The smallest absolute Gasteiger partial charge is 0.211 e. The van der Waals surface area contributed by atoms with Crippen molar-refractivity contribution in [2.45, 2.75) is 19.6 Å². The van der Waals surface area contributed by atoms with Crippen LogP contribution in [0.1, 0.15) is 27.3 Å². The molecule has 25 heavy (non-hydrogen) atoms. The van der Waals surface area contributed by atoms with E-state index in [1.165, 1.54) is 0 Å². The van der Waals surface area contributed by atoms with Crippen molar-refractivity contribution >= 4 is 27.6 Å². The molecule has 1 aliphatic carbocycles. The molecule has 1 N–H and O–H groups in total. The second-order valence-corrected chi connectivity index (χ2v) is 6.54. The fourth-order valence-electron chi connectivity index (χ4n) is 4.17. The van der Waals surface area contributed by atoms with Crippen LogP contribution < -0.4 is 0 Å². The molecule has 4 nitrogen and oxygen atoms in total. The Labute approximate surface area is 145 Å². The minimum Gasteiger partial charge on any atom is -0.364 e. The molecule has 0 atom stereocenters. The van der Waals surface area contributed by atoms with Gasteiger partial charge in [0.1, 0.15) is 6.73 Å². The third kappa shape index (κ3) is 1.94. The Hall–Kier alpha value is -2.85. The summed E-state index contributed by atoms with van der Waals surface area (Å²) < 4.78 is 7.54. The molecule has 0 saturated heterocycles. The lowest BCUT2D eigenvalue weighted by molar-refractivity contribution is 0.103. The molecule has 2 aromatic carbocycles. The predicted octanol–water partition coefficient (Wildman–Crippen LogP) is 4.06. The first-order valence-electron chi connectivity index (χ1n) is 8.53. The topological polar surface area (TPSA) is 47.0 Å². The number of hydrogen-bond acceptors (Lipinski definition) is 2. The van der Waals surface area contributed by atoms with Crippen molar-refractivity contribution in [1.29, 1.82) is 0 Å². The number of fused-ring (bicyclic) bond motifs is 6. The van der Waals surface area contributed by atoms with Crippen molar-refractivity contribution in [3.05, 3.63) is 71.0 Å². The largest absolute Gasteiger partial charge is 0.364 e. The number of hydrogen-bond donors (Lipinski definition) is 1. The first kappa shape index (κ1) is 14.5. The Bertz CT molecular complexity index is 1130. The summed E-state index contributed by atoms with van der Waals surface area (Å²) in [6.45, 7) is 0.456. The predicted molar refractivity (Wildman–Crippen MR) is 98.1 cm³/mol. The van der Waals surface area contributed by atoms with Crippen LogP contribution in [0.25, 0.3) is 21.8 Å². The summed E-state index contributed by atoms with van der Waals surface area (Å²) in [4.78, 5) is 16.8. The number of aryl methyl sites for hydroxylation is 1. The average molecular weight is 330 g/mol. The lowest BCUT2D eigenvalue weighted by atomic mass is 10.0. The number of ketones is 1. The number of aromatic amines is 1. The van der Waals surface area contributed by atoms with Gasteiger partial charge in [-0.15, -0.1) is 0 Å². The number of rotatable bonds is 2. The number of H-pyrrole nitrogens is 1. The quantitative estimate of drug-likeness (QED) is 0.602. The van der Waals surface area contributed by atoms with Crippen molar-refractivity contribution in [3.63, 3.8) is 0 Å². The number of methoxy groups -OCH3 is 1. The molecule has 124 valence electrons. The number of carbonyl (C=O) groups excluding carboxylic acids is 1. The van der Waals surface area contributed by atoms with Gasteiger partial charge in [-0.3, -0.25) is 4.79 Å². The Morgan fingerprint density at radius 3 is 2.64 bits per heavy atom. The van der Waals surface area contributed by atoms with Gasteiger partial charge in [0.2, 0.25) is 5.78 Å². The molecular formula is C21H18N2O2. The van der Waals surface area contributed by atoms with Crippen molar-refractivity contribution in [2.24, 2.45) is 0 Å². The van der Waals surface area contributed by atoms with Gasteiger partial charge < -0.3 is 14.3 Å². The molecule has 2 heterocycles. The zero-order chi connectivity index (χ0) is 17.0. The highest BCUT2D eigenvalue weighted by Gasteiger charge is 2.29. The standard InChI is InChI=1S/C21H18N2O2/c1-25-12-23-17-9-5-3-7-15(17)19-18(23)11-10-14-13-6-2-4-8-16(13)22-20(14)21(19)24/h2-9,22H,10-12H2,1H3. The van der Waals surface area contributed by atoms with Crippen LogP contribution >= 0.6 is 0 Å². The van der Waals surface area contributed by atoms with E-state index in [0.717, 1.165) is 57.2 Å². The summed E-state index contributed by atoms with van der Waals surface area (Å²) in [6, 6.07) is 16.2. The summed E-state index contributed by atoms with van der Waals surface area (Å²) in [5, 5.41) is 2.16. The van der Waals surface area contributed by atoms with Gasteiger partial charge in [-0.1, -0.05) is 36.4 Å². The maximum atomic E-state index is 13.4. The van der Waals surface area contributed by atoms with Gasteiger partial charge in [-0.25, -0.2) is 0 Å². The monoisotopic (exact) mass is 330 g/mol. The van der Waals surface area contributed by atoms with Crippen LogP contribution in [0.3, 0.4) is 0 Å². The van der Waals surface area contributed by atoms with Crippen molar-refractivity contribution in [3.8, 4) is 0 Å². The molecule has 0 radical (unpaired) electrons. The number of carbonyl (C=O) groups is 1. The van der Waals surface area contributed by atoms with E-state index in [4.69, 9.17) is 4.74 Å². The molecule has 2 aromatic heterocycles. The van der Waals surface area contributed by atoms with Crippen LogP contribution in [-0.2, 0) is 24.3 Å². The number of nitrogens with one attached hydrogen (secondary N) is 1. The lowest BCUT2D eigenvalue weighted by Crippen LogP contribution is -2.08. The minimum absolute atomic E-state index is 0.0877. The van der Waals surface area contributed by atoms with E-state index in [0.29, 0.717) is 6.73 Å². The Kier molecular flexibility index (Phi) is 3.09. The van der Waals surface area contributed by atoms with E-state index >= 15 is 0 Å². The number of aromatic nitrogens is 2. The van der Waals surface area contributed by atoms with Crippen molar-refractivity contribution in [2.75, 3.05) is 7.11 Å². The zero-order valence-corrected chi connectivity index (χ0v) is 14.0. The van der Waals surface area contributed by atoms with Crippen LogP contribution in [0, 0.1) is 0 Å². The molecule has 5 rings (SSSR count). The van der Waals surface area contributed by atoms with E-state index in [1.54, 1.807) is 7.11 Å². The molecule has 0 unspecified atom stereocenters. The highest BCUT2D eigenvalue weighted by molar-refractivity contribution is 6.19. The highest BCUT2D eigenvalue weighted by Crippen LogP contribution is 2.35. The van der Waals surface area contributed by atoms with Crippen molar-refractivity contribution in [1.82, 2.24) is 9.55 Å². The third-order valence-corrected chi connectivity index (χ3v) is 5.22. The number of nitrogens with zero attached hydrogens (tertiary/aromatic N) is 1. The SMILES string of the molecule is COCn1c2c(c3ccccc31)C(=O)c1[nH]c3ccccc3c1CC2. The van der Waals surface area contributed by atoms with E-state index in [-0.39, 0.29) is 5.78 Å². The zero-order valence-electron chi connectivity index (χ0n) is 14.0. The molecule has 0 bridgehead atoms. The van der Waals surface area contributed by atoms with Crippen molar-refractivity contribution < 1.29 is 9.53 Å². The number of ether oxygens (including phenoxy) is 1. The second-order valence-electron chi connectivity index (χ2n) is 6.54. The Balaban J connectivity index is 1.82. The first-order valence-corrected chi connectivity index (χ1v) is 8.53. The molecule has 4 aromatic rings. The summed E-state index contributed by atoms with van der Waals surface area (Å²) in [7, 11) is 1.69. The van der Waals surface area contributed by atoms with E-state index in [1.807, 2.05) is 36.4 Å². The van der Waals surface area contributed by atoms with Crippen LogP contribution in [0.5, 0.6) is 0 Å². The van der Waals surface area contributed by atoms with Gasteiger partial charge >= 0.3 is 0 Å². The molecule has 0 saturated carbocycles. The summed E-state index contributed by atoms with van der Waals surface area (Å²) in [6.07, 6.45) is 1.67. The molecule has 0 amide bonds. The first-order chi connectivity index (χ1) is 12.3. The number of para-hydroxylation sites is 2. The summed E-state index contributed by atoms with van der Waals surface area (Å²) in [5.74, 6) is 0.0877. The average Bonchev–Trinajstić information content (AvgIpc) is 3.12. The lowest BCUT2D eigenvalue weighted by Gasteiger charge is -2.09. The molecule has 0 aliphatic heterocycles. The van der Waals surface area contributed by atoms with Gasteiger partial charge in [0, 0.05) is 29.1 Å². The van der Waals surface area contributed by atoms with Crippen LogP contribution in [0.4, 0.5) is 0 Å². The maximum Gasteiger partial charge on any atom is 0.211 e. The van der Waals surface area contributed by atoms with Crippen LogP contribution in [0.15, 0.2) is 48.5 Å². The van der Waals surface area contributed by atoms with E-state index in [9.17, 15) is 4.79 Å². The van der Waals surface area contributed by atoms with Crippen LogP contribution in [0.2, 0.25) is 0 Å². The summed E-state index contributed by atoms with van der Waals surface area (Å²) >= 11 is 0. The van der Waals surface area contributed by atoms with Gasteiger partial charge in [-0.2, -0.15) is 0 Å². The maximum absolute atomic E-state index is 13.4. The van der Waals surface area contributed by atoms with Gasteiger partial charge in [0.25, 0.3) is 0 Å². The van der Waals surface area contributed by atoms with Gasteiger partial charge in [0.05, 0.1) is 16.8 Å². The normalized spacial score (nSPS) is 13.9. The third-order valence-electron chi connectivity index (χ3n) is 5.22. The van der Waals surface area contributed by atoms with E-state index < -0.39 is 0 Å². The van der Waals surface area contributed by atoms with E-state index in [2.05, 4.69) is 21.7 Å². The molecule has 4 heteroatoms. The summed E-state index contributed by atoms with van der Waals surface area (Å²) in [5.41, 5.74) is 5.84. The fourth-order valence-corrected chi connectivity index (χ4v) is 4.17. The molecule has 0 fully saturated rings. The molecule has 0 spiro atoms. The highest BCUT2D eigenvalue weighted by atomic mass is 16.5. The molecule has 1 aliphatic rings.